The predicted molar refractivity (Wildman–Crippen MR) is 67.8 cm³/mol. The Balaban J connectivity index is 1.97. The Morgan fingerprint density at radius 3 is 2.69 bits per heavy atom. The van der Waals surface area contributed by atoms with Gasteiger partial charge in [0.15, 0.2) is 0 Å². The van der Waals surface area contributed by atoms with Crippen LogP contribution in [0.2, 0.25) is 4.34 Å². The van der Waals surface area contributed by atoms with E-state index in [1.165, 1.54) is 37.3 Å². The summed E-state index contributed by atoms with van der Waals surface area (Å²) in [7, 11) is 0. The van der Waals surface area contributed by atoms with Crippen molar-refractivity contribution in [1.82, 2.24) is 14.5 Å². The molecule has 0 spiro atoms. The fraction of sp³-hybridized carbons (Fsp3) is 0.818. The number of likely N-dealkylation sites (tertiary alicyclic amines) is 1. The van der Waals surface area contributed by atoms with Crippen LogP contribution >= 0.6 is 23.1 Å². The summed E-state index contributed by atoms with van der Waals surface area (Å²) in [6.45, 7) is 7.79. The van der Waals surface area contributed by atoms with Crippen LogP contribution in [0.5, 0.6) is 0 Å². The molecular formula is C11H18ClN3S. The molecule has 0 N–H and O–H groups in total. The average molecular weight is 260 g/mol. The largest absolute Gasteiger partial charge is 0.297 e. The smallest absolute Gasteiger partial charge is 0.138 e. The van der Waals surface area contributed by atoms with E-state index >= 15 is 0 Å². The lowest BCUT2D eigenvalue weighted by Crippen LogP contribution is -2.26. The minimum absolute atomic E-state index is 0.524. The van der Waals surface area contributed by atoms with Gasteiger partial charge in [0.2, 0.25) is 0 Å². The molecule has 0 unspecified atom stereocenters. The summed E-state index contributed by atoms with van der Waals surface area (Å²) in [5.41, 5.74) is 1.46. The van der Waals surface area contributed by atoms with Crippen LogP contribution in [0.3, 0.4) is 0 Å². The summed E-state index contributed by atoms with van der Waals surface area (Å²) in [5, 5.41) is 4.07. The Kier molecular flexibility index (Phi) is 3.82. The summed E-state index contributed by atoms with van der Waals surface area (Å²) in [5.74, 6) is 0. The number of rotatable bonds is 4. The molecule has 1 fully saturated rings. The van der Waals surface area contributed by atoms with Gasteiger partial charge in [0.1, 0.15) is 10.0 Å². The lowest BCUT2D eigenvalue weighted by molar-refractivity contribution is 0.235. The fourth-order valence-corrected chi connectivity index (χ4v) is 3.10. The monoisotopic (exact) mass is 259 g/mol. The third kappa shape index (κ3) is 2.39. The predicted octanol–water partition coefficient (Wildman–Crippen LogP) is 3.20. The van der Waals surface area contributed by atoms with Gasteiger partial charge in [-0.15, -0.1) is 5.10 Å². The summed E-state index contributed by atoms with van der Waals surface area (Å²) in [6, 6.07) is 0. The van der Waals surface area contributed by atoms with Crippen molar-refractivity contribution in [3.05, 3.63) is 10.0 Å². The van der Waals surface area contributed by atoms with Crippen LogP contribution in [-0.4, -0.2) is 27.6 Å². The third-order valence-electron chi connectivity index (χ3n) is 3.90. The second kappa shape index (κ2) is 4.98. The average Bonchev–Trinajstić information content (AvgIpc) is 2.88. The van der Waals surface area contributed by atoms with Gasteiger partial charge in [-0.1, -0.05) is 29.9 Å². The molecule has 0 aliphatic carbocycles. The SMILES string of the molecule is CCC1(CC)CCN(Cc2nnsc2Cl)C1. The first-order valence-electron chi connectivity index (χ1n) is 5.88. The van der Waals surface area contributed by atoms with E-state index in [9.17, 15) is 0 Å². The van der Waals surface area contributed by atoms with E-state index < -0.39 is 0 Å². The van der Waals surface area contributed by atoms with Crippen molar-refractivity contribution in [3.63, 3.8) is 0 Å². The van der Waals surface area contributed by atoms with Crippen LogP contribution in [0.15, 0.2) is 0 Å². The Morgan fingerprint density at radius 1 is 1.44 bits per heavy atom. The number of hydrogen-bond acceptors (Lipinski definition) is 4. The molecule has 1 aromatic heterocycles. The van der Waals surface area contributed by atoms with Crippen molar-refractivity contribution >= 4 is 23.1 Å². The number of nitrogens with zero attached hydrogens (tertiary/aromatic N) is 3. The van der Waals surface area contributed by atoms with E-state index in [1.807, 2.05) is 0 Å². The molecule has 1 aliphatic heterocycles. The maximum atomic E-state index is 6.02. The van der Waals surface area contributed by atoms with Crippen molar-refractivity contribution < 1.29 is 0 Å². The van der Waals surface area contributed by atoms with Gasteiger partial charge in [-0.3, -0.25) is 4.90 Å². The summed E-state index contributed by atoms with van der Waals surface area (Å²) < 4.78 is 4.61. The van der Waals surface area contributed by atoms with Gasteiger partial charge in [0, 0.05) is 24.6 Å². The third-order valence-corrected chi connectivity index (χ3v) is 4.88. The molecule has 0 saturated carbocycles. The Labute approximate surface area is 106 Å². The molecule has 90 valence electrons. The highest BCUT2D eigenvalue weighted by Crippen LogP contribution is 2.37. The van der Waals surface area contributed by atoms with Crippen LogP contribution in [0.1, 0.15) is 38.8 Å². The Morgan fingerprint density at radius 2 is 2.19 bits per heavy atom. The van der Waals surface area contributed by atoms with Crippen molar-refractivity contribution in [3.8, 4) is 0 Å². The summed E-state index contributed by atoms with van der Waals surface area (Å²) in [4.78, 5) is 2.45. The topological polar surface area (TPSA) is 29.0 Å². The Bertz CT molecular complexity index is 349. The summed E-state index contributed by atoms with van der Waals surface area (Å²) in [6.07, 6.45) is 3.83. The van der Waals surface area contributed by atoms with Crippen molar-refractivity contribution in [2.24, 2.45) is 5.41 Å². The normalized spacial score (nSPS) is 20.4. The first kappa shape index (κ1) is 12.3. The number of aromatic nitrogens is 2. The highest BCUT2D eigenvalue weighted by atomic mass is 35.5. The molecule has 0 atom stereocenters. The zero-order valence-electron chi connectivity index (χ0n) is 9.87. The Hall–Kier alpha value is -0.190. The molecule has 0 amide bonds. The molecular weight excluding hydrogens is 242 g/mol. The second-order valence-corrected chi connectivity index (χ2v) is 6.02. The van der Waals surface area contributed by atoms with Crippen LogP contribution in [0.25, 0.3) is 0 Å². The molecule has 1 aromatic rings. The highest BCUT2D eigenvalue weighted by Gasteiger charge is 2.35. The zero-order chi connectivity index (χ0) is 11.6. The molecule has 5 heteroatoms. The second-order valence-electron chi connectivity index (χ2n) is 4.66. The minimum atomic E-state index is 0.524. The standard InChI is InChI=1S/C11H18ClN3S/c1-3-11(4-2)5-6-15(8-11)7-9-10(12)16-14-13-9/h3-8H2,1-2H3. The molecule has 3 nitrogen and oxygen atoms in total. The first-order chi connectivity index (χ1) is 7.69. The maximum Gasteiger partial charge on any atom is 0.138 e. The molecule has 2 heterocycles. The van der Waals surface area contributed by atoms with E-state index in [0.717, 1.165) is 23.1 Å². The molecule has 2 rings (SSSR count). The van der Waals surface area contributed by atoms with E-state index in [0.29, 0.717) is 5.41 Å². The molecule has 0 radical (unpaired) electrons. The van der Waals surface area contributed by atoms with Crippen LogP contribution in [0, 0.1) is 5.41 Å². The summed E-state index contributed by atoms with van der Waals surface area (Å²) >= 11 is 7.30. The molecule has 1 saturated heterocycles. The van der Waals surface area contributed by atoms with Gasteiger partial charge >= 0.3 is 0 Å². The minimum Gasteiger partial charge on any atom is -0.297 e. The van der Waals surface area contributed by atoms with Crippen LogP contribution in [-0.2, 0) is 6.54 Å². The number of halogens is 1. The van der Waals surface area contributed by atoms with E-state index in [2.05, 4.69) is 28.3 Å². The zero-order valence-corrected chi connectivity index (χ0v) is 11.4. The molecule has 0 aromatic carbocycles. The van der Waals surface area contributed by atoms with Gasteiger partial charge in [-0.05, 0) is 31.2 Å². The van der Waals surface area contributed by atoms with Gasteiger partial charge in [-0.25, -0.2) is 0 Å². The lowest BCUT2D eigenvalue weighted by Gasteiger charge is -2.26. The lowest BCUT2D eigenvalue weighted by atomic mass is 9.82. The number of hydrogen-bond donors (Lipinski definition) is 0. The van der Waals surface area contributed by atoms with Gasteiger partial charge < -0.3 is 0 Å². The van der Waals surface area contributed by atoms with Gasteiger partial charge in [0.05, 0.1) is 0 Å². The van der Waals surface area contributed by atoms with E-state index in [4.69, 9.17) is 11.6 Å². The van der Waals surface area contributed by atoms with Crippen molar-refractivity contribution in [1.29, 1.82) is 0 Å². The van der Waals surface area contributed by atoms with Gasteiger partial charge in [-0.2, -0.15) is 0 Å². The molecule has 1 aliphatic rings. The van der Waals surface area contributed by atoms with E-state index in [-0.39, 0.29) is 0 Å². The molecule has 0 bridgehead atoms. The quantitative estimate of drug-likeness (QED) is 0.832. The van der Waals surface area contributed by atoms with E-state index in [1.54, 1.807) is 0 Å². The first-order valence-corrected chi connectivity index (χ1v) is 7.03. The van der Waals surface area contributed by atoms with Gasteiger partial charge in [0.25, 0.3) is 0 Å². The van der Waals surface area contributed by atoms with Crippen LogP contribution < -0.4 is 0 Å². The van der Waals surface area contributed by atoms with Crippen molar-refractivity contribution in [2.75, 3.05) is 13.1 Å². The molecule has 16 heavy (non-hydrogen) atoms. The van der Waals surface area contributed by atoms with Crippen molar-refractivity contribution in [2.45, 2.75) is 39.7 Å². The fourth-order valence-electron chi connectivity index (χ4n) is 2.49. The van der Waals surface area contributed by atoms with Crippen LogP contribution in [0.4, 0.5) is 0 Å². The highest BCUT2D eigenvalue weighted by molar-refractivity contribution is 7.10. The maximum absolute atomic E-state index is 6.02.